The minimum Gasteiger partial charge on any atom is -0.514 e. The lowest BCUT2D eigenvalue weighted by Gasteiger charge is -2.34. The molecule has 0 radical (unpaired) electrons. The van der Waals surface area contributed by atoms with Gasteiger partial charge in [-0.2, -0.15) is 0 Å². The SMILES string of the molecule is CC1CC(C)(O)C/C(=C\O)N1. The molecule has 1 heterocycles. The fourth-order valence-corrected chi connectivity index (χ4v) is 1.64. The third-order valence-corrected chi connectivity index (χ3v) is 1.90. The van der Waals surface area contributed by atoms with Crippen LogP contribution in [-0.4, -0.2) is 21.9 Å². The van der Waals surface area contributed by atoms with Gasteiger partial charge in [0.1, 0.15) is 0 Å². The van der Waals surface area contributed by atoms with E-state index in [0.29, 0.717) is 12.1 Å². The van der Waals surface area contributed by atoms with Gasteiger partial charge in [0.15, 0.2) is 0 Å². The Kier molecular flexibility index (Phi) is 2.09. The van der Waals surface area contributed by atoms with E-state index in [-0.39, 0.29) is 6.04 Å². The number of piperidine rings is 1. The minimum atomic E-state index is -0.667. The minimum absolute atomic E-state index is 0.233. The Morgan fingerprint density at radius 3 is 2.82 bits per heavy atom. The molecular weight excluding hydrogens is 142 g/mol. The molecule has 3 nitrogen and oxygen atoms in total. The molecule has 1 aliphatic rings. The second kappa shape index (κ2) is 2.74. The van der Waals surface area contributed by atoms with Gasteiger partial charge in [0.05, 0.1) is 11.9 Å². The van der Waals surface area contributed by atoms with Crippen molar-refractivity contribution in [2.45, 2.75) is 38.3 Å². The molecule has 1 fully saturated rings. The smallest absolute Gasteiger partial charge is 0.0982 e. The molecule has 11 heavy (non-hydrogen) atoms. The highest BCUT2D eigenvalue weighted by atomic mass is 16.3. The maximum Gasteiger partial charge on any atom is 0.0982 e. The summed E-state index contributed by atoms with van der Waals surface area (Å²) in [5, 5.41) is 21.4. The van der Waals surface area contributed by atoms with Crippen molar-refractivity contribution < 1.29 is 10.2 Å². The van der Waals surface area contributed by atoms with E-state index in [0.717, 1.165) is 12.7 Å². The highest BCUT2D eigenvalue weighted by Crippen LogP contribution is 2.25. The molecule has 3 heteroatoms. The average Bonchev–Trinajstić information content (AvgIpc) is 1.83. The number of aliphatic hydroxyl groups excluding tert-OH is 1. The molecule has 1 aliphatic heterocycles. The molecule has 0 aromatic carbocycles. The second-order valence-corrected chi connectivity index (χ2v) is 3.58. The molecule has 0 aromatic rings. The first kappa shape index (κ1) is 8.40. The fraction of sp³-hybridized carbons (Fsp3) is 0.750. The normalized spacial score (nSPS) is 42.1. The van der Waals surface area contributed by atoms with E-state index in [4.69, 9.17) is 5.11 Å². The van der Waals surface area contributed by atoms with E-state index < -0.39 is 5.60 Å². The predicted molar refractivity (Wildman–Crippen MR) is 43.2 cm³/mol. The van der Waals surface area contributed by atoms with E-state index >= 15 is 0 Å². The molecule has 0 bridgehead atoms. The summed E-state index contributed by atoms with van der Waals surface area (Å²) in [7, 11) is 0. The van der Waals surface area contributed by atoms with E-state index in [1.54, 1.807) is 6.92 Å². The molecule has 0 spiro atoms. The molecule has 2 atom stereocenters. The van der Waals surface area contributed by atoms with Crippen LogP contribution in [0.1, 0.15) is 26.7 Å². The van der Waals surface area contributed by atoms with E-state index in [1.165, 1.54) is 0 Å². The van der Waals surface area contributed by atoms with Gasteiger partial charge in [-0.15, -0.1) is 0 Å². The predicted octanol–water partition coefficient (Wildman–Crippen LogP) is 0.909. The quantitative estimate of drug-likeness (QED) is 0.458. The summed E-state index contributed by atoms with van der Waals surface area (Å²) in [6.45, 7) is 3.77. The zero-order chi connectivity index (χ0) is 8.48. The summed E-state index contributed by atoms with van der Waals surface area (Å²) in [6.07, 6.45) is 2.27. The van der Waals surface area contributed by atoms with Gasteiger partial charge >= 0.3 is 0 Å². The standard InChI is InChI=1S/C8H15NO2/c1-6-3-8(2,11)4-7(5-10)9-6/h5-6,9-11H,3-4H2,1-2H3/b7-5+. The van der Waals surface area contributed by atoms with Crippen LogP contribution in [0.25, 0.3) is 0 Å². The van der Waals surface area contributed by atoms with Crippen LogP contribution in [0.5, 0.6) is 0 Å². The molecule has 3 N–H and O–H groups in total. The van der Waals surface area contributed by atoms with Gasteiger partial charge in [0, 0.05) is 18.2 Å². The van der Waals surface area contributed by atoms with Crippen LogP contribution in [0, 0.1) is 0 Å². The molecule has 1 rings (SSSR count). The Hall–Kier alpha value is -0.700. The van der Waals surface area contributed by atoms with Crippen LogP contribution in [0.15, 0.2) is 12.0 Å². The molecule has 1 saturated heterocycles. The molecular formula is C8H15NO2. The number of hydrogen-bond donors (Lipinski definition) is 3. The molecule has 2 unspecified atom stereocenters. The third kappa shape index (κ3) is 2.12. The van der Waals surface area contributed by atoms with Crippen molar-refractivity contribution in [1.82, 2.24) is 5.32 Å². The summed E-state index contributed by atoms with van der Waals surface area (Å²) in [4.78, 5) is 0. The van der Waals surface area contributed by atoms with Gasteiger partial charge in [0.2, 0.25) is 0 Å². The lowest BCUT2D eigenvalue weighted by molar-refractivity contribution is 0.0272. The van der Waals surface area contributed by atoms with Crippen molar-refractivity contribution in [2.24, 2.45) is 0 Å². The van der Waals surface area contributed by atoms with Gasteiger partial charge in [-0.1, -0.05) is 0 Å². The third-order valence-electron chi connectivity index (χ3n) is 1.90. The van der Waals surface area contributed by atoms with Crippen LogP contribution < -0.4 is 5.32 Å². The fourth-order valence-electron chi connectivity index (χ4n) is 1.64. The van der Waals surface area contributed by atoms with Gasteiger partial charge in [-0.05, 0) is 20.3 Å². The van der Waals surface area contributed by atoms with Gasteiger partial charge < -0.3 is 15.5 Å². The van der Waals surface area contributed by atoms with Crippen molar-refractivity contribution >= 4 is 0 Å². The highest BCUT2D eigenvalue weighted by molar-refractivity contribution is 5.06. The summed E-state index contributed by atoms with van der Waals surface area (Å²) in [5.41, 5.74) is 0.0490. The summed E-state index contributed by atoms with van der Waals surface area (Å²) < 4.78 is 0. The van der Waals surface area contributed by atoms with Crippen LogP contribution >= 0.6 is 0 Å². The first-order valence-electron chi connectivity index (χ1n) is 3.86. The van der Waals surface area contributed by atoms with Gasteiger partial charge in [-0.25, -0.2) is 0 Å². The highest BCUT2D eigenvalue weighted by Gasteiger charge is 2.29. The number of aliphatic hydroxyl groups is 2. The zero-order valence-corrected chi connectivity index (χ0v) is 6.96. The van der Waals surface area contributed by atoms with Gasteiger partial charge in [-0.3, -0.25) is 0 Å². The maximum atomic E-state index is 9.65. The van der Waals surface area contributed by atoms with Crippen LogP contribution in [-0.2, 0) is 0 Å². The topological polar surface area (TPSA) is 52.5 Å². The van der Waals surface area contributed by atoms with Crippen LogP contribution in [0.4, 0.5) is 0 Å². The lowest BCUT2D eigenvalue weighted by atomic mass is 9.89. The molecule has 0 amide bonds. The number of rotatable bonds is 0. The van der Waals surface area contributed by atoms with E-state index in [2.05, 4.69) is 5.32 Å². The Labute approximate surface area is 66.7 Å². The van der Waals surface area contributed by atoms with Crippen molar-refractivity contribution in [3.63, 3.8) is 0 Å². The van der Waals surface area contributed by atoms with Crippen LogP contribution in [0.3, 0.4) is 0 Å². The lowest BCUT2D eigenvalue weighted by Crippen LogP contribution is -2.43. The zero-order valence-electron chi connectivity index (χ0n) is 6.96. The van der Waals surface area contributed by atoms with Gasteiger partial charge in [0.25, 0.3) is 0 Å². The molecule has 64 valence electrons. The summed E-state index contributed by atoms with van der Waals surface area (Å²) >= 11 is 0. The first-order chi connectivity index (χ1) is 5.03. The summed E-state index contributed by atoms with van der Waals surface area (Å²) in [6, 6.07) is 0.233. The van der Waals surface area contributed by atoms with E-state index in [1.807, 2.05) is 6.92 Å². The monoisotopic (exact) mass is 157 g/mol. The van der Waals surface area contributed by atoms with Crippen molar-refractivity contribution in [1.29, 1.82) is 0 Å². The van der Waals surface area contributed by atoms with Crippen molar-refractivity contribution in [3.05, 3.63) is 12.0 Å². The average molecular weight is 157 g/mol. The Morgan fingerprint density at radius 1 is 1.73 bits per heavy atom. The Balaban J connectivity index is 2.66. The van der Waals surface area contributed by atoms with Crippen molar-refractivity contribution in [2.75, 3.05) is 0 Å². The Bertz CT molecular complexity index is 175. The second-order valence-electron chi connectivity index (χ2n) is 3.58. The maximum absolute atomic E-state index is 9.65. The van der Waals surface area contributed by atoms with Crippen molar-refractivity contribution in [3.8, 4) is 0 Å². The summed E-state index contributed by atoms with van der Waals surface area (Å²) in [5.74, 6) is 0. The molecule has 0 aromatic heterocycles. The Morgan fingerprint density at radius 2 is 2.36 bits per heavy atom. The molecule has 0 saturated carbocycles. The molecule has 0 aliphatic carbocycles. The van der Waals surface area contributed by atoms with Crippen LogP contribution in [0.2, 0.25) is 0 Å². The number of hydrogen-bond acceptors (Lipinski definition) is 3. The number of nitrogens with one attached hydrogen (secondary N) is 1. The first-order valence-corrected chi connectivity index (χ1v) is 3.86. The van der Waals surface area contributed by atoms with E-state index in [9.17, 15) is 5.11 Å². The largest absolute Gasteiger partial charge is 0.514 e.